The third kappa shape index (κ3) is 4.19. The first kappa shape index (κ1) is 19.1. The van der Waals surface area contributed by atoms with Crippen molar-refractivity contribution < 1.29 is 27.4 Å². The molecule has 0 fully saturated rings. The summed E-state index contributed by atoms with van der Waals surface area (Å²) >= 11 is 5.89. The molecule has 0 N–H and O–H groups in total. The molecule has 27 heavy (non-hydrogen) atoms. The van der Waals surface area contributed by atoms with Crippen molar-refractivity contribution in [2.75, 3.05) is 6.54 Å². The Balaban J connectivity index is 2.06. The Kier molecular flexibility index (Phi) is 5.32. The third-order valence-corrected chi connectivity index (χ3v) is 4.38. The van der Waals surface area contributed by atoms with Crippen molar-refractivity contribution in [2.24, 2.45) is 0 Å². The van der Waals surface area contributed by atoms with Gasteiger partial charge in [-0.05, 0) is 29.8 Å². The molecule has 0 bridgehead atoms. The molecule has 2 aromatic rings. The summed E-state index contributed by atoms with van der Waals surface area (Å²) in [6, 6.07) is 10.4. The Hall–Kier alpha value is -2.67. The van der Waals surface area contributed by atoms with E-state index in [0.717, 1.165) is 17.2 Å². The smallest absolute Gasteiger partial charge is 0.416 e. The van der Waals surface area contributed by atoms with Crippen molar-refractivity contribution in [2.45, 2.75) is 18.8 Å². The van der Waals surface area contributed by atoms with Crippen molar-refractivity contribution >= 4 is 17.7 Å². The second kappa shape index (κ2) is 7.52. The van der Waals surface area contributed by atoms with Gasteiger partial charge in [0.15, 0.2) is 0 Å². The Bertz CT molecular complexity index is 852. The average Bonchev–Trinajstić information content (AvgIpc) is 2.81. The van der Waals surface area contributed by atoms with Gasteiger partial charge < -0.3 is 9.47 Å². The number of hydrogen-bond acceptors (Lipinski definition) is 3. The molecule has 0 radical (unpaired) electrons. The van der Waals surface area contributed by atoms with Crippen molar-refractivity contribution in [3.63, 3.8) is 0 Å². The second-order valence-corrected chi connectivity index (χ2v) is 6.31. The van der Waals surface area contributed by atoms with Crippen LogP contribution in [0.3, 0.4) is 0 Å². The summed E-state index contributed by atoms with van der Waals surface area (Å²) in [6.07, 6.45) is -5.15. The Morgan fingerprint density at radius 2 is 1.96 bits per heavy atom. The van der Waals surface area contributed by atoms with Gasteiger partial charge in [0.1, 0.15) is 11.9 Å². The molecule has 3 rings (SSSR count). The van der Waals surface area contributed by atoms with Crippen LogP contribution in [0.4, 0.5) is 18.0 Å². The van der Waals surface area contributed by atoms with Crippen molar-refractivity contribution in [3.05, 3.63) is 77.0 Å². The van der Waals surface area contributed by atoms with E-state index in [4.69, 9.17) is 21.1 Å². The number of carbonyl (C=O) groups excluding carboxylic acids is 1. The van der Waals surface area contributed by atoms with E-state index in [1.165, 1.54) is 12.1 Å². The number of alkyl halides is 3. The van der Waals surface area contributed by atoms with Crippen LogP contribution >= 0.6 is 11.6 Å². The molecular weight excluding hydrogens is 383 g/mol. The molecule has 2 aromatic carbocycles. The maximum absolute atomic E-state index is 13.4. The first-order chi connectivity index (χ1) is 12.8. The summed E-state index contributed by atoms with van der Waals surface area (Å²) in [6.45, 7) is 3.01. The molecule has 4 nitrogen and oxygen atoms in total. The highest BCUT2D eigenvalue weighted by Gasteiger charge is 2.38. The molecule has 0 aromatic heterocycles. The Morgan fingerprint density at radius 3 is 2.59 bits per heavy atom. The maximum atomic E-state index is 13.4. The zero-order valence-electron chi connectivity index (χ0n) is 14.0. The molecular formula is C19H15ClF3NO3. The van der Waals surface area contributed by atoms with E-state index in [-0.39, 0.29) is 24.4 Å². The fraction of sp³-hybridized carbons (Fsp3) is 0.211. The van der Waals surface area contributed by atoms with E-state index < -0.39 is 23.9 Å². The highest BCUT2D eigenvalue weighted by atomic mass is 35.5. The zero-order chi connectivity index (χ0) is 19.6. The van der Waals surface area contributed by atoms with E-state index in [9.17, 15) is 18.0 Å². The van der Waals surface area contributed by atoms with Crippen LogP contribution in [0.2, 0.25) is 5.02 Å². The number of halogens is 4. The zero-order valence-corrected chi connectivity index (χ0v) is 14.8. The summed E-state index contributed by atoms with van der Waals surface area (Å²) in [5, 5.41) is 0.509. The molecule has 0 spiro atoms. The molecule has 142 valence electrons. The minimum Gasteiger partial charge on any atom is -0.483 e. The van der Waals surface area contributed by atoms with E-state index in [1.54, 1.807) is 24.3 Å². The minimum atomic E-state index is -4.58. The number of benzene rings is 2. The van der Waals surface area contributed by atoms with Crippen LogP contribution in [0.25, 0.3) is 0 Å². The number of carbonyl (C=O) groups is 1. The van der Waals surface area contributed by atoms with Gasteiger partial charge in [0.05, 0.1) is 24.9 Å². The lowest BCUT2D eigenvalue weighted by molar-refractivity contribution is -0.138. The van der Waals surface area contributed by atoms with Gasteiger partial charge in [-0.1, -0.05) is 36.4 Å². The van der Waals surface area contributed by atoms with Crippen molar-refractivity contribution in [1.82, 2.24) is 4.90 Å². The summed E-state index contributed by atoms with van der Waals surface area (Å²) in [5.74, 6) is 0.0682. The van der Waals surface area contributed by atoms with Gasteiger partial charge >= 0.3 is 12.3 Å². The predicted octanol–water partition coefficient (Wildman–Crippen LogP) is 5.57. The van der Waals surface area contributed by atoms with Crippen LogP contribution in [-0.4, -0.2) is 17.5 Å². The largest absolute Gasteiger partial charge is 0.483 e. The molecule has 0 saturated carbocycles. The minimum absolute atomic E-state index is 0.000281. The first-order valence-corrected chi connectivity index (χ1v) is 8.35. The Labute approximate surface area is 158 Å². The predicted molar refractivity (Wildman–Crippen MR) is 93.4 cm³/mol. The monoisotopic (exact) mass is 397 g/mol. The lowest BCUT2D eigenvalue weighted by Gasteiger charge is -2.23. The van der Waals surface area contributed by atoms with E-state index in [1.807, 2.05) is 0 Å². The number of ether oxygens (including phenoxy) is 2. The number of fused-ring (bicyclic) bond motifs is 1. The summed E-state index contributed by atoms with van der Waals surface area (Å²) in [7, 11) is 0. The van der Waals surface area contributed by atoms with Gasteiger partial charge in [-0.15, -0.1) is 0 Å². The first-order valence-electron chi connectivity index (χ1n) is 7.97. The Morgan fingerprint density at radius 1 is 1.26 bits per heavy atom. The molecule has 1 amide bonds. The lowest BCUT2D eigenvalue weighted by Crippen LogP contribution is -2.34. The second-order valence-electron chi connectivity index (χ2n) is 5.87. The van der Waals surface area contributed by atoms with E-state index in [2.05, 4.69) is 6.58 Å². The molecule has 1 aliphatic rings. The third-order valence-electron chi connectivity index (χ3n) is 4.13. The molecule has 0 aliphatic carbocycles. The average molecular weight is 398 g/mol. The summed E-state index contributed by atoms with van der Waals surface area (Å²) < 4.78 is 50.9. The van der Waals surface area contributed by atoms with Crippen molar-refractivity contribution in [1.29, 1.82) is 0 Å². The highest BCUT2D eigenvalue weighted by molar-refractivity contribution is 6.30. The normalized spacial score (nSPS) is 16.7. The van der Waals surface area contributed by atoms with Gasteiger partial charge in [-0.2, -0.15) is 13.2 Å². The number of amides is 1. The van der Waals surface area contributed by atoms with Gasteiger partial charge in [-0.25, -0.2) is 4.79 Å². The van der Waals surface area contributed by atoms with Crippen LogP contribution in [0.5, 0.6) is 5.75 Å². The van der Waals surface area contributed by atoms with Crippen LogP contribution in [0.15, 0.2) is 55.3 Å². The SMILES string of the molecule is C=COC(=O)N1Cc2c(cccc2C(F)(F)F)OC(c2ccc(Cl)cc2)C1. The van der Waals surface area contributed by atoms with E-state index in [0.29, 0.717) is 10.6 Å². The molecule has 1 unspecified atom stereocenters. The maximum Gasteiger partial charge on any atom is 0.416 e. The number of rotatable bonds is 2. The number of hydrogen-bond donors (Lipinski definition) is 0. The van der Waals surface area contributed by atoms with Gasteiger partial charge in [0.25, 0.3) is 0 Å². The topological polar surface area (TPSA) is 38.8 Å². The molecule has 1 heterocycles. The molecule has 8 heteroatoms. The summed E-state index contributed by atoms with van der Waals surface area (Å²) in [5.41, 5.74) is -0.309. The fourth-order valence-electron chi connectivity index (χ4n) is 2.89. The van der Waals surface area contributed by atoms with Gasteiger partial charge in [0.2, 0.25) is 0 Å². The molecule has 1 atom stereocenters. The molecule has 0 saturated heterocycles. The van der Waals surface area contributed by atoms with Crippen LogP contribution in [0.1, 0.15) is 22.8 Å². The van der Waals surface area contributed by atoms with Gasteiger partial charge in [0, 0.05) is 10.6 Å². The summed E-state index contributed by atoms with van der Waals surface area (Å²) in [4.78, 5) is 13.4. The highest BCUT2D eigenvalue weighted by Crippen LogP contribution is 2.40. The fourth-order valence-corrected chi connectivity index (χ4v) is 3.01. The van der Waals surface area contributed by atoms with E-state index >= 15 is 0 Å². The van der Waals surface area contributed by atoms with Crippen LogP contribution in [-0.2, 0) is 17.5 Å². The van der Waals surface area contributed by atoms with Crippen LogP contribution < -0.4 is 4.74 Å². The standard InChI is InChI=1S/C19H15ClF3NO3/c1-2-26-18(25)24-10-14-15(19(21,22)23)4-3-5-16(14)27-17(11-24)12-6-8-13(20)9-7-12/h2-9,17H,1,10-11H2. The van der Waals surface area contributed by atoms with Crippen molar-refractivity contribution in [3.8, 4) is 5.75 Å². The quantitative estimate of drug-likeness (QED) is 0.621. The number of nitrogens with zero attached hydrogens (tertiary/aromatic N) is 1. The molecule has 1 aliphatic heterocycles. The van der Waals surface area contributed by atoms with Crippen LogP contribution in [0, 0.1) is 0 Å². The van der Waals surface area contributed by atoms with Gasteiger partial charge in [-0.3, -0.25) is 4.90 Å². The lowest BCUT2D eigenvalue weighted by atomic mass is 10.1.